The monoisotopic (exact) mass is 227 g/mol. The number of fused-ring (bicyclic) bond motifs is 1. The summed E-state index contributed by atoms with van der Waals surface area (Å²) in [6.07, 6.45) is 1.65. The lowest BCUT2D eigenvalue weighted by atomic mass is 10.2. The minimum absolute atomic E-state index is 0.183. The van der Waals surface area contributed by atoms with Crippen LogP contribution in [0.5, 0.6) is 0 Å². The van der Waals surface area contributed by atoms with Crippen molar-refractivity contribution in [1.29, 1.82) is 0 Å². The molecule has 0 unspecified atom stereocenters. The van der Waals surface area contributed by atoms with E-state index in [2.05, 4.69) is 9.72 Å². The Hall–Kier alpha value is -1.13. The van der Waals surface area contributed by atoms with E-state index in [4.69, 9.17) is 11.6 Å². The Bertz CT molecular complexity index is 495. The van der Waals surface area contributed by atoms with Crippen LogP contribution in [0.4, 0.5) is 0 Å². The molecule has 0 saturated heterocycles. The number of nitrogens with zero attached hydrogens (tertiary/aromatic N) is 1. The molecule has 14 heavy (non-hydrogen) atoms. The van der Waals surface area contributed by atoms with Crippen LogP contribution >= 0.6 is 22.9 Å². The molecular weight excluding hydrogens is 222 g/mol. The van der Waals surface area contributed by atoms with Gasteiger partial charge in [-0.25, -0.2) is 9.78 Å². The predicted octanol–water partition coefficient (Wildman–Crippen LogP) is 2.74. The van der Waals surface area contributed by atoms with Crippen molar-refractivity contribution in [3.8, 4) is 0 Å². The molecule has 0 N–H and O–H groups in total. The van der Waals surface area contributed by atoms with Gasteiger partial charge in [0, 0.05) is 11.6 Å². The summed E-state index contributed by atoms with van der Waals surface area (Å²) < 4.78 is 5.56. The Kier molecular flexibility index (Phi) is 2.39. The Balaban J connectivity index is 2.76. The number of halogens is 1. The van der Waals surface area contributed by atoms with Gasteiger partial charge >= 0.3 is 5.97 Å². The first-order valence-electron chi connectivity index (χ1n) is 3.84. The van der Waals surface area contributed by atoms with Crippen LogP contribution in [0, 0.1) is 0 Å². The maximum Gasteiger partial charge on any atom is 0.341 e. The highest BCUT2D eigenvalue weighted by Gasteiger charge is 2.16. The normalized spacial score (nSPS) is 10.4. The smallest absolute Gasteiger partial charge is 0.341 e. The van der Waals surface area contributed by atoms with Crippen LogP contribution in [0.15, 0.2) is 17.6 Å². The van der Waals surface area contributed by atoms with Crippen molar-refractivity contribution >= 4 is 39.0 Å². The van der Waals surface area contributed by atoms with Gasteiger partial charge in [0.25, 0.3) is 0 Å². The summed E-state index contributed by atoms with van der Waals surface area (Å²) in [5.74, 6) is -0.452. The number of hydrogen-bond acceptors (Lipinski definition) is 4. The molecule has 3 nitrogen and oxygen atoms in total. The van der Waals surface area contributed by atoms with Crippen molar-refractivity contribution in [2.45, 2.75) is 0 Å². The SMILES string of the molecule is COC(=O)c1c(Cl)ncc2sccc12. The third kappa shape index (κ3) is 1.36. The second-order valence-electron chi connectivity index (χ2n) is 2.61. The fourth-order valence-corrected chi connectivity index (χ4v) is 2.20. The summed E-state index contributed by atoms with van der Waals surface area (Å²) in [4.78, 5) is 15.3. The molecule has 0 aliphatic heterocycles. The third-order valence-corrected chi connectivity index (χ3v) is 2.99. The topological polar surface area (TPSA) is 39.2 Å². The molecule has 0 bridgehead atoms. The van der Waals surface area contributed by atoms with E-state index in [1.807, 2.05) is 11.4 Å². The van der Waals surface area contributed by atoms with E-state index in [0.717, 1.165) is 10.1 Å². The summed E-state index contributed by atoms with van der Waals surface area (Å²) >= 11 is 7.34. The van der Waals surface area contributed by atoms with Crippen LogP contribution in [0.3, 0.4) is 0 Å². The van der Waals surface area contributed by atoms with E-state index in [-0.39, 0.29) is 5.15 Å². The Labute approximate surface area is 89.3 Å². The minimum atomic E-state index is -0.452. The molecular formula is C9H6ClNO2S. The number of esters is 1. The summed E-state index contributed by atoms with van der Waals surface area (Å²) in [6.45, 7) is 0. The molecule has 0 fully saturated rings. The zero-order chi connectivity index (χ0) is 10.1. The van der Waals surface area contributed by atoms with Crippen molar-refractivity contribution < 1.29 is 9.53 Å². The molecule has 0 spiro atoms. The molecule has 0 saturated carbocycles. The number of carbonyl (C=O) groups excluding carboxylic acids is 1. The minimum Gasteiger partial charge on any atom is -0.465 e. The molecule has 0 atom stereocenters. The average Bonchev–Trinajstić information content (AvgIpc) is 2.64. The van der Waals surface area contributed by atoms with Crippen molar-refractivity contribution in [2.24, 2.45) is 0 Å². The molecule has 2 heterocycles. The van der Waals surface area contributed by atoms with Gasteiger partial charge < -0.3 is 4.74 Å². The van der Waals surface area contributed by atoms with Crippen LogP contribution < -0.4 is 0 Å². The summed E-state index contributed by atoms with van der Waals surface area (Å²) in [7, 11) is 1.32. The molecule has 0 amide bonds. The van der Waals surface area contributed by atoms with Gasteiger partial charge in [-0.05, 0) is 11.4 Å². The Morgan fingerprint density at radius 1 is 1.64 bits per heavy atom. The highest BCUT2D eigenvalue weighted by molar-refractivity contribution is 7.17. The lowest BCUT2D eigenvalue weighted by Crippen LogP contribution is -2.03. The van der Waals surface area contributed by atoms with Crippen molar-refractivity contribution in [2.75, 3.05) is 7.11 Å². The first-order chi connectivity index (χ1) is 6.74. The number of carbonyl (C=O) groups is 1. The van der Waals surface area contributed by atoms with E-state index in [1.165, 1.54) is 18.4 Å². The van der Waals surface area contributed by atoms with Crippen molar-refractivity contribution in [3.63, 3.8) is 0 Å². The Morgan fingerprint density at radius 2 is 2.43 bits per heavy atom. The summed E-state index contributed by atoms with van der Waals surface area (Å²) in [5, 5.41) is 2.86. The van der Waals surface area contributed by atoms with Gasteiger partial charge in [0.05, 0.1) is 11.8 Å². The summed E-state index contributed by atoms with van der Waals surface area (Å²) in [6, 6.07) is 1.83. The second kappa shape index (κ2) is 3.55. The van der Waals surface area contributed by atoms with Gasteiger partial charge in [-0.15, -0.1) is 11.3 Å². The van der Waals surface area contributed by atoms with Crippen LogP contribution in [-0.4, -0.2) is 18.1 Å². The zero-order valence-corrected chi connectivity index (χ0v) is 8.85. The van der Waals surface area contributed by atoms with Crippen LogP contribution in [0.2, 0.25) is 5.15 Å². The fraction of sp³-hybridized carbons (Fsp3) is 0.111. The first-order valence-corrected chi connectivity index (χ1v) is 5.10. The second-order valence-corrected chi connectivity index (χ2v) is 3.92. The highest BCUT2D eigenvalue weighted by Crippen LogP contribution is 2.28. The van der Waals surface area contributed by atoms with E-state index >= 15 is 0 Å². The predicted molar refractivity (Wildman–Crippen MR) is 56.0 cm³/mol. The van der Waals surface area contributed by atoms with Gasteiger partial charge in [0.2, 0.25) is 0 Å². The first kappa shape index (κ1) is 9.43. The standard InChI is InChI=1S/C9H6ClNO2S/c1-13-9(12)7-5-2-3-14-6(5)4-11-8(7)10/h2-4H,1H3. The molecule has 72 valence electrons. The molecule has 2 aromatic rings. The molecule has 0 radical (unpaired) electrons. The lowest BCUT2D eigenvalue weighted by Gasteiger charge is -2.02. The lowest BCUT2D eigenvalue weighted by molar-refractivity contribution is 0.0603. The molecule has 0 aliphatic carbocycles. The Morgan fingerprint density at radius 3 is 3.14 bits per heavy atom. The third-order valence-electron chi connectivity index (χ3n) is 1.86. The van der Waals surface area contributed by atoms with E-state index in [9.17, 15) is 4.79 Å². The van der Waals surface area contributed by atoms with E-state index in [1.54, 1.807) is 6.20 Å². The van der Waals surface area contributed by atoms with Crippen LogP contribution in [0.25, 0.3) is 10.1 Å². The molecule has 0 aromatic carbocycles. The van der Waals surface area contributed by atoms with Gasteiger partial charge in [0.15, 0.2) is 0 Å². The summed E-state index contributed by atoms with van der Waals surface area (Å²) in [5.41, 5.74) is 0.341. The number of aromatic nitrogens is 1. The van der Waals surface area contributed by atoms with Crippen molar-refractivity contribution in [3.05, 3.63) is 28.4 Å². The van der Waals surface area contributed by atoms with Gasteiger partial charge in [-0.3, -0.25) is 0 Å². The van der Waals surface area contributed by atoms with Gasteiger partial charge in [-0.1, -0.05) is 11.6 Å². The molecule has 2 aromatic heterocycles. The molecule has 5 heteroatoms. The molecule has 2 rings (SSSR count). The number of ether oxygens (including phenoxy) is 1. The van der Waals surface area contributed by atoms with E-state index < -0.39 is 5.97 Å². The average molecular weight is 228 g/mol. The number of hydrogen-bond donors (Lipinski definition) is 0. The maximum absolute atomic E-state index is 11.4. The highest BCUT2D eigenvalue weighted by atomic mass is 35.5. The van der Waals surface area contributed by atoms with Crippen molar-refractivity contribution in [1.82, 2.24) is 4.98 Å². The number of thiophene rings is 1. The van der Waals surface area contributed by atoms with Gasteiger partial charge in [0.1, 0.15) is 10.7 Å². The number of rotatable bonds is 1. The largest absolute Gasteiger partial charge is 0.465 e. The van der Waals surface area contributed by atoms with E-state index in [0.29, 0.717) is 5.56 Å². The fourth-order valence-electron chi connectivity index (χ4n) is 1.21. The maximum atomic E-state index is 11.4. The number of pyridine rings is 1. The van der Waals surface area contributed by atoms with Gasteiger partial charge in [-0.2, -0.15) is 0 Å². The molecule has 0 aliphatic rings. The number of methoxy groups -OCH3 is 1. The zero-order valence-electron chi connectivity index (χ0n) is 7.28. The van der Waals surface area contributed by atoms with Crippen LogP contribution in [-0.2, 0) is 4.74 Å². The quantitative estimate of drug-likeness (QED) is 0.556. The van der Waals surface area contributed by atoms with Crippen LogP contribution in [0.1, 0.15) is 10.4 Å².